The Morgan fingerprint density at radius 3 is 0.837 bits per heavy atom. The summed E-state index contributed by atoms with van der Waals surface area (Å²) in [4.78, 5) is 144. The molecular formula is C91H166Cl4Mn2N20O24. The molecule has 7 rings (SSSR count). The van der Waals surface area contributed by atoms with Crippen molar-refractivity contribution in [2.24, 2.45) is 0 Å². The van der Waals surface area contributed by atoms with Gasteiger partial charge in [-0.2, -0.15) is 0 Å². The van der Waals surface area contributed by atoms with Crippen LogP contribution in [0, 0.1) is 0 Å². The third-order valence-corrected chi connectivity index (χ3v) is 23.0. The Balaban J connectivity index is 0.000000655. The summed E-state index contributed by atoms with van der Waals surface area (Å²) in [5.74, 6) is -8.77. The number of carboxylic acid groups (broad SMARTS) is 4. The Morgan fingerprint density at radius 2 is 0.532 bits per heavy atom. The van der Waals surface area contributed by atoms with Crippen molar-refractivity contribution in [1.29, 1.82) is 0 Å². The number of aromatic nitrogens is 1. The SMILES string of the molecule is CCC(=O)OC[C@H]1CN[C@H](COC(=O)CC)CN[C@@H](COC(=O)CC)CN[C@H](COC(=O)CC)CNCCN1.C[C@@H]1CNC2CCCCC2NCCNC2CCCCC2N[C@H](C)CN1.C[C@H]1CNCCNC[C@H](C)NCc2cccc(n2)CN1.O=C(O)CCC(=O)OC[C@H]1CN[C@H](COC(=O)CCC(=O)O)CN[C@@H](COC(=O)CCC(=O)O)CN[C@H](COC(=O)CCC(=O)O)CNCCN1.[Cl][Mn][Cl].[Cl][Mn][Cl]. The van der Waals surface area contributed by atoms with Gasteiger partial charge in [0.2, 0.25) is 0 Å². The van der Waals surface area contributed by atoms with Crippen molar-refractivity contribution in [3.8, 4) is 0 Å². The van der Waals surface area contributed by atoms with Gasteiger partial charge in [-0.15, -0.1) is 0 Å². The number of nitrogens with zero attached hydrogens (tertiary/aromatic N) is 1. The van der Waals surface area contributed by atoms with Crippen LogP contribution in [0.5, 0.6) is 0 Å². The van der Waals surface area contributed by atoms with Gasteiger partial charge >= 0.3 is 138 Å². The van der Waals surface area contributed by atoms with Gasteiger partial charge in [-0.25, -0.2) is 0 Å². The number of hydrogen-bond acceptors (Lipinski definition) is 40. The standard InChI is InChI=1S/C30H49N5O16.C26H49N5O8.C20H41N5.C15H27N5.4ClH.2Mn/c36-23(37)1-5-27(44)48-15-19-11-31-9-10-32-20(16-49-28(45)6-2-24(38)39)12-34-22(18-51-30(47)8-4-26(42)43)14-35-21(13-33-19)17-50-29(46)7-3-25(40)41;1-5-23(32)36-15-19-11-27-9-10-28-20(16-37-24(33)6-2)12-30-22(18-39-26(35)8-4)14-31-21(13-29-19)17-38-25(34)7-3;1-15-13-24-18-8-4-3-7-17(18)21-11-12-22-19-9-5-6-10-20(19)25-16(2)14-23-15;1-12-8-16-6-7-17-9-13(2)19-11-15-5-3-4-14(20-15)10-18-12;;;;;;/h19-22,31-35H,1-18H2,(H,36,37)(H,38,39)(H,40,41)(H,42,43);19-22,27-31H,5-18H2,1-4H3;15-25H,3-14H2,1-2H3;3-5,12-13,16-19H,6-11H2,1-2H3;4*1H;;/q;;;;;;;;2*+2/p-4/t2*19-,20+,21+,22-;15-,16-,17?,18?,19?,20?;12-,13-;;;;;;/m0010....../s1. The van der Waals surface area contributed by atoms with Gasteiger partial charge in [-0.3, -0.25) is 62.5 Å². The van der Waals surface area contributed by atoms with E-state index in [4.69, 9.17) is 98.7 Å². The molecule has 0 spiro atoms. The first-order chi connectivity index (χ1) is 67.8. The molecule has 1 aromatic rings. The van der Waals surface area contributed by atoms with E-state index in [1.54, 1.807) is 27.7 Å². The molecule has 23 N–H and O–H groups in total. The van der Waals surface area contributed by atoms with Crippen LogP contribution < -0.4 is 101 Å². The Morgan fingerprint density at radius 1 is 0.291 bits per heavy atom. The van der Waals surface area contributed by atoms with E-state index < -0.39 is 97.6 Å². The topological polar surface area (TPSA) is 601 Å². The number of hydrogen-bond donors (Lipinski definition) is 23. The molecule has 141 heavy (non-hydrogen) atoms. The van der Waals surface area contributed by atoms with Crippen LogP contribution in [0.1, 0.15) is 195 Å². The second kappa shape index (κ2) is 85.2. The predicted molar refractivity (Wildman–Crippen MR) is 529 cm³/mol. The van der Waals surface area contributed by atoms with Crippen molar-refractivity contribution >= 4 is 112 Å². The van der Waals surface area contributed by atoms with E-state index in [2.05, 4.69) is 152 Å². The molecule has 0 radical (unpaired) electrons. The van der Waals surface area contributed by atoms with Gasteiger partial charge in [0.05, 0.1) is 111 Å². The van der Waals surface area contributed by atoms with Gasteiger partial charge in [-0.1, -0.05) is 59.4 Å². The molecule has 50 heteroatoms. The number of esters is 8. The molecule has 4 unspecified atom stereocenters. The molecule has 44 nitrogen and oxygen atoms in total. The third-order valence-electron chi connectivity index (χ3n) is 23.0. The second-order valence-corrected chi connectivity index (χ2v) is 39.1. The van der Waals surface area contributed by atoms with E-state index in [1.165, 1.54) is 51.4 Å². The Bertz CT molecular complexity index is 3400. The average Bonchev–Trinajstić information content (AvgIpc) is 1.81. The minimum absolute atomic E-state index is 0.00694. The van der Waals surface area contributed by atoms with Crippen LogP contribution in [0.2, 0.25) is 0 Å². The Labute approximate surface area is 861 Å². The van der Waals surface area contributed by atoms with E-state index in [1.807, 2.05) is 0 Å². The molecule has 16 atom stereocenters. The molecular weight excluding hydrogens is 2010 g/mol. The van der Waals surface area contributed by atoms with Crippen LogP contribution in [-0.2, 0) is 135 Å². The Hall–Kier alpha value is -5.77. The molecule has 5 heterocycles. The zero-order chi connectivity index (χ0) is 104. The van der Waals surface area contributed by atoms with Crippen LogP contribution in [-0.4, -0.2) is 377 Å². The first-order valence-corrected chi connectivity index (χ1v) is 56.0. The molecule has 816 valence electrons. The molecule has 2 saturated carbocycles. The minimum atomic E-state index is -1.18. The van der Waals surface area contributed by atoms with Crippen LogP contribution in [0.3, 0.4) is 0 Å². The van der Waals surface area contributed by atoms with Gasteiger partial charge in [0.15, 0.2) is 0 Å². The fourth-order valence-corrected chi connectivity index (χ4v) is 14.9. The summed E-state index contributed by atoms with van der Waals surface area (Å²) >= 11 is 0.0139. The van der Waals surface area contributed by atoms with Crippen molar-refractivity contribution in [3.63, 3.8) is 0 Å². The van der Waals surface area contributed by atoms with E-state index in [9.17, 15) is 57.5 Å². The van der Waals surface area contributed by atoms with Gasteiger partial charge in [0.25, 0.3) is 0 Å². The molecule has 2 bridgehead atoms. The van der Waals surface area contributed by atoms with Crippen molar-refractivity contribution in [1.82, 2.24) is 106 Å². The number of rotatable bonds is 32. The zero-order valence-electron chi connectivity index (χ0n) is 83.5. The Kier molecular flexibility index (Phi) is 79.3. The quantitative estimate of drug-likeness (QED) is 0.0267. The molecule has 6 aliphatic rings. The fraction of sp³-hybridized carbons (Fsp3) is 0.813. The van der Waals surface area contributed by atoms with E-state index >= 15 is 0 Å². The number of ether oxygens (including phenoxy) is 8. The molecule has 3 saturated heterocycles. The average molecular weight is 2180 g/mol. The van der Waals surface area contributed by atoms with E-state index in [0.717, 1.165) is 76.8 Å². The van der Waals surface area contributed by atoms with Gasteiger partial charge < -0.3 is 159 Å². The number of pyridine rings is 1. The maximum absolute atomic E-state index is 12.2. The summed E-state index contributed by atoms with van der Waals surface area (Å²) in [6, 6.07) is 7.66. The van der Waals surface area contributed by atoms with E-state index in [0.29, 0.717) is 114 Å². The summed E-state index contributed by atoms with van der Waals surface area (Å²) in [5.41, 5.74) is 2.22. The summed E-state index contributed by atoms with van der Waals surface area (Å²) in [5, 5.41) is 101. The number of aliphatic carboxylic acids is 4. The van der Waals surface area contributed by atoms with Gasteiger partial charge in [0.1, 0.15) is 52.9 Å². The summed E-state index contributed by atoms with van der Waals surface area (Å²) in [6.07, 6.45) is 8.87. The zero-order valence-corrected chi connectivity index (χ0v) is 88.9. The summed E-state index contributed by atoms with van der Waals surface area (Å²) < 4.78 is 42.6. The molecule has 0 aromatic carbocycles. The monoisotopic (exact) mass is 2170 g/mol. The van der Waals surface area contributed by atoms with Gasteiger partial charge in [0, 0.05) is 218 Å². The normalized spacial score (nSPS) is 25.4. The van der Waals surface area contributed by atoms with Crippen molar-refractivity contribution in [2.45, 2.75) is 294 Å². The molecule has 5 fully saturated rings. The van der Waals surface area contributed by atoms with Gasteiger partial charge in [-0.05, 0) is 65.5 Å². The number of carboxylic acids is 4. The first-order valence-electron chi connectivity index (χ1n) is 49.5. The van der Waals surface area contributed by atoms with Crippen LogP contribution in [0.15, 0.2) is 18.2 Å². The van der Waals surface area contributed by atoms with Crippen molar-refractivity contribution < 1.29 is 142 Å². The first kappa shape index (κ1) is 131. The van der Waals surface area contributed by atoms with Crippen molar-refractivity contribution in [2.75, 3.05) is 184 Å². The molecule has 2 aliphatic carbocycles. The molecule has 0 amide bonds. The third kappa shape index (κ3) is 72.3. The van der Waals surface area contributed by atoms with Crippen LogP contribution in [0.4, 0.5) is 0 Å². The second-order valence-electron chi connectivity index (χ2n) is 35.2. The van der Waals surface area contributed by atoms with E-state index in [-0.39, 0.29) is 192 Å². The number of carbonyl (C=O) groups excluding carboxylic acids is 8. The number of halogens is 4. The fourth-order valence-electron chi connectivity index (χ4n) is 14.9. The summed E-state index contributed by atoms with van der Waals surface area (Å²) in [6.45, 7) is 30.4. The van der Waals surface area contributed by atoms with Crippen molar-refractivity contribution in [3.05, 3.63) is 29.6 Å². The number of nitrogens with one attached hydrogen (secondary N) is 19. The predicted octanol–water partition coefficient (Wildman–Crippen LogP) is 0.621. The molecule has 1 aromatic heterocycles. The summed E-state index contributed by atoms with van der Waals surface area (Å²) in [7, 11) is 19.2. The number of fused-ring (bicyclic) bond motifs is 4. The number of carbonyl (C=O) groups is 12. The van der Waals surface area contributed by atoms with Crippen LogP contribution >= 0.6 is 40.4 Å². The van der Waals surface area contributed by atoms with Crippen LogP contribution in [0.25, 0.3) is 0 Å². The molecule has 4 aliphatic heterocycles. The maximum atomic E-state index is 12.2.